The van der Waals surface area contributed by atoms with Crippen LogP contribution in [-0.4, -0.2) is 15.4 Å². The van der Waals surface area contributed by atoms with Crippen molar-refractivity contribution in [2.45, 2.75) is 45.1 Å². The topological polar surface area (TPSA) is 29.3 Å². The Balaban J connectivity index is 1.83. The molecule has 2 aromatic heterocycles. The van der Waals surface area contributed by atoms with Gasteiger partial charge in [0.05, 0.1) is 0 Å². The number of thiazole rings is 1. The van der Waals surface area contributed by atoms with E-state index < -0.39 is 0 Å². The molecular weight excluding hydrogens is 417 g/mol. The highest BCUT2D eigenvalue weighted by Gasteiger charge is 2.22. The molecule has 1 N–H and O–H groups in total. The van der Waals surface area contributed by atoms with Crippen LogP contribution in [0.1, 0.15) is 37.8 Å². The largest absolute Gasteiger partial charge is 0.367 e. The first-order valence-corrected chi connectivity index (χ1v) is 10.2. The number of hydrogen-bond donors (Lipinski definition) is 1. The summed E-state index contributed by atoms with van der Waals surface area (Å²) in [4.78, 5) is 6.02. The Labute approximate surface area is 154 Å². The molecule has 1 fully saturated rings. The molecule has 1 saturated carbocycles. The smallest absolute Gasteiger partial charge is 0.196 e. The Bertz CT molecular complexity index is 830. The molecule has 0 spiro atoms. The highest BCUT2D eigenvalue weighted by Crippen LogP contribution is 2.36. The van der Waals surface area contributed by atoms with E-state index in [1.54, 1.807) is 11.3 Å². The molecule has 3 nitrogen and oxygen atoms in total. The van der Waals surface area contributed by atoms with E-state index >= 15 is 0 Å². The standard InChI is InChI=1S/C18H20IN3S/c1-12-11-23-18-21-16(14-9-5-6-10-15(14)19)17(22(12)18)20-13-7-3-2-4-8-13/h5-6,9-11,13,20H,2-4,7-8H2,1H3. The fourth-order valence-corrected chi connectivity index (χ4v) is 4.92. The van der Waals surface area contributed by atoms with Gasteiger partial charge < -0.3 is 5.32 Å². The van der Waals surface area contributed by atoms with Crippen LogP contribution in [0.5, 0.6) is 0 Å². The Morgan fingerprint density at radius 3 is 2.78 bits per heavy atom. The van der Waals surface area contributed by atoms with E-state index in [1.165, 1.54) is 52.7 Å². The molecule has 0 radical (unpaired) electrons. The SMILES string of the molecule is Cc1csc2nc(-c3ccccc3I)c(NC3CCCCC3)n12. The molecule has 2 heterocycles. The number of aromatic nitrogens is 2. The molecule has 0 amide bonds. The second kappa shape index (κ2) is 6.43. The number of anilines is 1. The van der Waals surface area contributed by atoms with Gasteiger partial charge in [-0.25, -0.2) is 4.98 Å². The first-order chi connectivity index (χ1) is 11.2. The highest BCUT2D eigenvalue weighted by atomic mass is 127. The fraction of sp³-hybridized carbons (Fsp3) is 0.389. The number of nitrogens with one attached hydrogen (secondary N) is 1. The lowest BCUT2D eigenvalue weighted by Crippen LogP contribution is -2.23. The van der Waals surface area contributed by atoms with E-state index in [-0.39, 0.29) is 0 Å². The van der Waals surface area contributed by atoms with Crippen molar-refractivity contribution in [2.24, 2.45) is 0 Å². The molecule has 0 aliphatic heterocycles. The molecule has 1 aliphatic carbocycles. The van der Waals surface area contributed by atoms with Crippen molar-refractivity contribution in [1.82, 2.24) is 9.38 Å². The molecule has 1 aliphatic rings. The molecule has 0 bridgehead atoms. The number of imidazole rings is 1. The molecule has 0 atom stereocenters. The van der Waals surface area contributed by atoms with Crippen molar-refractivity contribution in [1.29, 1.82) is 0 Å². The first kappa shape index (κ1) is 15.4. The second-order valence-electron chi connectivity index (χ2n) is 6.26. The van der Waals surface area contributed by atoms with Gasteiger partial charge in [0.15, 0.2) is 4.96 Å². The maximum atomic E-state index is 4.94. The van der Waals surface area contributed by atoms with Crippen LogP contribution in [0, 0.1) is 10.5 Å². The second-order valence-corrected chi connectivity index (χ2v) is 8.26. The van der Waals surface area contributed by atoms with E-state index in [0.29, 0.717) is 6.04 Å². The van der Waals surface area contributed by atoms with E-state index in [2.05, 4.69) is 68.9 Å². The van der Waals surface area contributed by atoms with Crippen molar-refractivity contribution in [3.63, 3.8) is 0 Å². The monoisotopic (exact) mass is 437 g/mol. The Morgan fingerprint density at radius 2 is 2.00 bits per heavy atom. The summed E-state index contributed by atoms with van der Waals surface area (Å²) >= 11 is 4.13. The first-order valence-electron chi connectivity index (χ1n) is 8.22. The average molecular weight is 437 g/mol. The van der Waals surface area contributed by atoms with Crippen LogP contribution in [0.2, 0.25) is 0 Å². The molecule has 0 unspecified atom stereocenters. The Kier molecular flexibility index (Phi) is 4.32. The molecule has 120 valence electrons. The molecule has 1 aromatic carbocycles. The van der Waals surface area contributed by atoms with Crippen molar-refractivity contribution in [3.8, 4) is 11.3 Å². The summed E-state index contributed by atoms with van der Waals surface area (Å²) in [6.07, 6.45) is 6.57. The van der Waals surface area contributed by atoms with Crippen LogP contribution in [-0.2, 0) is 0 Å². The molecule has 4 rings (SSSR count). The van der Waals surface area contributed by atoms with E-state index in [9.17, 15) is 0 Å². The van der Waals surface area contributed by atoms with Crippen molar-refractivity contribution in [3.05, 3.63) is 38.9 Å². The van der Waals surface area contributed by atoms with Gasteiger partial charge in [0.1, 0.15) is 11.5 Å². The van der Waals surface area contributed by atoms with Gasteiger partial charge in [0.25, 0.3) is 0 Å². The summed E-state index contributed by atoms with van der Waals surface area (Å²) in [5.41, 5.74) is 3.57. The van der Waals surface area contributed by atoms with Crippen molar-refractivity contribution in [2.75, 3.05) is 5.32 Å². The van der Waals surface area contributed by atoms with Gasteiger partial charge in [0.2, 0.25) is 0 Å². The molecule has 23 heavy (non-hydrogen) atoms. The minimum Gasteiger partial charge on any atom is -0.367 e. The Hall–Kier alpha value is -1.08. The van der Waals surface area contributed by atoms with E-state index in [0.717, 1.165) is 10.7 Å². The van der Waals surface area contributed by atoms with Gasteiger partial charge in [-0.1, -0.05) is 37.5 Å². The molecule has 5 heteroatoms. The third-order valence-corrected chi connectivity index (χ3v) is 6.49. The van der Waals surface area contributed by atoms with Crippen LogP contribution in [0.15, 0.2) is 29.6 Å². The normalized spacial score (nSPS) is 16.1. The zero-order chi connectivity index (χ0) is 15.8. The van der Waals surface area contributed by atoms with Crippen LogP contribution in [0.3, 0.4) is 0 Å². The van der Waals surface area contributed by atoms with Gasteiger partial charge in [-0.05, 0) is 48.4 Å². The summed E-state index contributed by atoms with van der Waals surface area (Å²) in [5.74, 6) is 1.18. The van der Waals surface area contributed by atoms with Crippen LogP contribution in [0.25, 0.3) is 16.2 Å². The number of benzene rings is 1. The number of rotatable bonds is 3. The van der Waals surface area contributed by atoms with E-state index in [1.807, 2.05) is 0 Å². The van der Waals surface area contributed by atoms with Gasteiger partial charge in [-0.3, -0.25) is 4.40 Å². The number of aryl methyl sites for hydroxylation is 1. The van der Waals surface area contributed by atoms with Gasteiger partial charge >= 0.3 is 0 Å². The van der Waals surface area contributed by atoms with Crippen LogP contribution < -0.4 is 5.32 Å². The quantitative estimate of drug-likeness (QED) is 0.531. The fourth-order valence-electron chi connectivity index (χ4n) is 3.41. The maximum Gasteiger partial charge on any atom is 0.196 e. The molecule has 3 aromatic rings. The van der Waals surface area contributed by atoms with Gasteiger partial charge in [-0.15, -0.1) is 11.3 Å². The number of nitrogens with zero attached hydrogens (tertiary/aromatic N) is 2. The maximum absolute atomic E-state index is 4.94. The summed E-state index contributed by atoms with van der Waals surface area (Å²) in [6, 6.07) is 9.09. The average Bonchev–Trinajstić information content (AvgIpc) is 3.10. The molecular formula is C18H20IN3S. The number of fused-ring (bicyclic) bond motifs is 1. The van der Waals surface area contributed by atoms with Crippen molar-refractivity contribution < 1.29 is 0 Å². The van der Waals surface area contributed by atoms with Gasteiger partial charge in [0, 0.05) is 26.2 Å². The predicted octanol–water partition coefficient (Wildman–Crippen LogP) is 5.72. The highest BCUT2D eigenvalue weighted by molar-refractivity contribution is 14.1. The lowest BCUT2D eigenvalue weighted by Gasteiger charge is -2.24. The van der Waals surface area contributed by atoms with Gasteiger partial charge in [-0.2, -0.15) is 0 Å². The van der Waals surface area contributed by atoms with E-state index in [4.69, 9.17) is 4.98 Å². The molecule has 0 saturated heterocycles. The third-order valence-electron chi connectivity index (χ3n) is 4.61. The Morgan fingerprint density at radius 1 is 1.22 bits per heavy atom. The minimum atomic E-state index is 0.572. The minimum absolute atomic E-state index is 0.572. The summed E-state index contributed by atoms with van der Waals surface area (Å²) < 4.78 is 3.54. The lowest BCUT2D eigenvalue weighted by molar-refractivity contribution is 0.461. The van der Waals surface area contributed by atoms with Crippen LogP contribution >= 0.6 is 33.9 Å². The number of halogens is 1. The van der Waals surface area contributed by atoms with Crippen molar-refractivity contribution >= 4 is 44.7 Å². The van der Waals surface area contributed by atoms with Crippen LogP contribution in [0.4, 0.5) is 5.82 Å². The third kappa shape index (κ3) is 2.89. The zero-order valence-electron chi connectivity index (χ0n) is 13.2. The summed E-state index contributed by atoms with van der Waals surface area (Å²) in [5, 5.41) is 6.02. The number of hydrogen-bond acceptors (Lipinski definition) is 3. The predicted molar refractivity (Wildman–Crippen MR) is 106 cm³/mol. The zero-order valence-corrected chi connectivity index (χ0v) is 16.2. The summed E-state index contributed by atoms with van der Waals surface area (Å²) in [6.45, 7) is 2.16. The lowest BCUT2D eigenvalue weighted by atomic mass is 9.95. The summed E-state index contributed by atoms with van der Waals surface area (Å²) in [7, 11) is 0.